The molecule has 5 heteroatoms. The molecule has 0 aliphatic heterocycles. The Labute approximate surface area is 116 Å². The van der Waals surface area contributed by atoms with Gasteiger partial charge in [0, 0.05) is 13.6 Å². The van der Waals surface area contributed by atoms with E-state index in [1.165, 1.54) is 4.31 Å². The Kier molecular flexibility index (Phi) is 5.52. The monoisotopic (exact) mass is 285 g/mol. The molecule has 0 atom stereocenters. The van der Waals surface area contributed by atoms with Crippen LogP contribution in [0.2, 0.25) is 0 Å². The highest BCUT2D eigenvalue weighted by Crippen LogP contribution is 2.23. The van der Waals surface area contributed by atoms with Gasteiger partial charge in [0.1, 0.15) is 0 Å². The Morgan fingerprint density at radius 3 is 2.37 bits per heavy atom. The number of unbranched alkanes of at least 4 members (excludes halogenated alkanes) is 1. The van der Waals surface area contributed by atoms with Crippen molar-refractivity contribution in [2.24, 2.45) is 0 Å². The molecule has 1 aromatic carbocycles. The van der Waals surface area contributed by atoms with Crippen molar-refractivity contribution in [1.29, 1.82) is 0 Å². The van der Waals surface area contributed by atoms with Crippen molar-refractivity contribution in [3.8, 4) is 0 Å². The molecule has 4 nitrogen and oxygen atoms in total. The molecule has 1 N–H and O–H groups in total. The number of aliphatic hydroxyl groups excluding tert-OH is 1. The summed E-state index contributed by atoms with van der Waals surface area (Å²) in [6.45, 7) is 6.06. The first-order valence-corrected chi connectivity index (χ1v) is 7.96. The maximum Gasteiger partial charge on any atom is 0.243 e. The fraction of sp³-hybridized carbons (Fsp3) is 0.571. The van der Waals surface area contributed by atoms with E-state index in [0.29, 0.717) is 17.0 Å². The third kappa shape index (κ3) is 3.55. The molecular weight excluding hydrogens is 262 g/mol. The van der Waals surface area contributed by atoms with Gasteiger partial charge in [0.25, 0.3) is 0 Å². The van der Waals surface area contributed by atoms with Gasteiger partial charge in [-0.1, -0.05) is 19.4 Å². The van der Waals surface area contributed by atoms with Crippen molar-refractivity contribution in [3.63, 3.8) is 0 Å². The molecule has 1 aromatic rings. The second kappa shape index (κ2) is 6.50. The van der Waals surface area contributed by atoms with Crippen molar-refractivity contribution >= 4 is 10.0 Å². The lowest BCUT2D eigenvalue weighted by atomic mass is 10.1. The summed E-state index contributed by atoms with van der Waals surface area (Å²) in [4.78, 5) is 0.292. The lowest BCUT2D eigenvalue weighted by Crippen LogP contribution is -2.28. The van der Waals surface area contributed by atoms with Crippen LogP contribution in [-0.2, 0) is 16.6 Å². The zero-order valence-corrected chi connectivity index (χ0v) is 12.9. The summed E-state index contributed by atoms with van der Waals surface area (Å²) in [6.07, 6.45) is 1.79. The average molecular weight is 285 g/mol. The summed E-state index contributed by atoms with van der Waals surface area (Å²) in [5.74, 6) is 0. The van der Waals surface area contributed by atoms with Gasteiger partial charge in [-0.2, -0.15) is 0 Å². The van der Waals surface area contributed by atoms with Gasteiger partial charge in [0.05, 0.1) is 11.5 Å². The van der Waals surface area contributed by atoms with Crippen LogP contribution in [0.1, 0.15) is 36.5 Å². The van der Waals surface area contributed by atoms with Gasteiger partial charge in [-0.25, -0.2) is 12.7 Å². The first-order valence-electron chi connectivity index (χ1n) is 6.52. The van der Waals surface area contributed by atoms with Crippen LogP contribution >= 0.6 is 0 Å². The predicted molar refractivity (Wildman–Crippen MR) is 76.6 cm³/mol. The van der Waals surface area contributed by atoms with E-state index in [0.717, 1.165) is 24.0 Å². The normalized spacial score (nSPS) is 12.1. The number of benzene rings is 1. The highest BCUT2D eigenvalue weighted by molar-refractivity contribution is 7.89. The van der Waals surface area contributed by atoms with E-state index in [2.05, 4.69) is 0 Å². The van der Waals surface area contributed by atoms with E-state index >= 15 is 0 Å². The SMILES string of the molecule is CCCCN(C)S(=O)(=O)c1cc(CO)c(C)cc1C. The Bertz CT molecular complexity index is 538. The molecule has 0 saturated heterocycles. The third-order valence-corrected chi connectivity index (χ3v) is 5.32. The van der Waals surface area contributed by atoms with Crippen molar-refractivity contribution in [1.82, 2.24) is 4.31 Å². The van der Waals surface area contributed by atoms with Gasteiger partial charge < -0.3 is 5.11 Å². The first kappa shape index (κ1) is 16.1. The Hall–Kier alpha value is -0.910. The van der Waals surface area contributed by atoms with Crippen LogP contribution in [0.3, 0.4) is 0 Å². The summed E-state index contributed by atoms with van der Waals surface area (Å²) in [6, 6.07) is 3.40. The summed E-state index contributed by atoms with van der Waals surface area (Å²) in [5.41, 5.74) is 2.29. The molecule has 0 unspecified atom stereocenters. The zero-order chi connectivity index (χ0) is 14.6. The summed E-state index contributed by atoms with van der Waals surface area (Å²) < 4.78 is 26.3. The molecular formula is C14H23NO3S. The highest BCUT2D eigenvalue weighted by atomic mass is 32.2. The number of rotatable bonds is 6. The Morgan fingerprint density at radius 2 is 1.84 bits per heavy atom. The molecule has 0 saturated carbocycles. The summed E-state index contributed by atoms with van der Waals surface area (Å²) >= 11 is 0. The molecule has 0 spiro atoms. The molecule has 0 heterocycles. The molecule has 0 amide bonds. The predicted octanol–water partition coefficient (Wildman–Crippen LogP) is 2.22. The van der Waals surface area contributed by atoms with Crippen LogP contribution in [-0.4, -0.2) is 31.4 Å². The van der Waals surface area contributed by atoms with Gasteiger partial charge in [0.2, 0.25) is 10.0 Å². The quantitative estimate of drug-likeness (QED) is 0.872. The topological polar surface area (TPSA) is 57.6 Å². The smallest absolute Gasteiger partial charge is 0.243 e. The van der Waals surface area contributed by atoms with E-state index in [4.69, 9.17) is 0 Å². The second-order valence-corrected chi connectivity index (χ2v) is 6.90. The van der Waals surface area contributed by atoms with Crippen molar-refractivity contribution in [3.05, 3.63) is 28.8 Å². The minimum absolute atomic E-state index is 0.146. The molecule has 0 aliphatic rings. The molecule has 0 radical (unpaired) electrons. The Morgan fingerprint density at radius 1 is 1.21 bits per heavy atom. The van der Waals surface area contributed by atoms with Crippen LogP contribution in [0.4, 0.5) is 0 Å². The number of sulfonamides is 1. The van der Waals surface area contributed by atoms with Crippen molar-refractivity contribution in [2.75, 3.05) is 13.6 Å². The third-order valence-electron chi connectivity index (χ3n) is 3.32. The molecule has 0 fully saturated rings. The summed E-state index contributed by atoms with van der Waals surface area (Å²) in [5, 5.41) is 9.27. The molecule has 19 heavy (non-hydrogen) atoms. The molecule has 0 aromatic heterocycles. The standard InChI is InChI=1S/C14H23NO3S/c1-5-6-7-15(4)19(17,18)14-9-13(10-16)11(2)8-12(14)3/h8-9,16H,5-7,10H2,1-4H3. The minimum Gasteiger partial charge on any atom is -0.392 e. The lowest BCUT2D eigenvalue weighted by Gasteiger charge is -2.19. The molecule has 0 bridgehead atoms. The van der Waals surface area contributed by atoms with Gasteiger partial charge in [-0.3, -0.25) is 0 Å². The number of hydrogen-bond donors (Lipinski definition) is 1. The van der Waals surface area contributed by atoms with E-state index in [9.17, 15) is 13.5 Å². The lowest BCUT2D eigenvalue weighted by molar-refractivity contribution is 0.280. The van der Waals surface area contributed by atoms with E-state index in [1.807, 2.05) is 19.9 Å². The van der Waals surface area contributed by atoms with Crippen LogP contribution in [0.15, 0.2) is 17.0 Å². The molecule has 1 rings (SSSR count). The van der Waals surface area contributed by atoms with Crippen LogP contribution in [0.5, 0.6) is 0 Å². The van der Waals surface area contributed by atoms with Crippen molar-refractivity contribution in [2.45, 2.75) is 45.1 Å². The maximum atomic E-state index is 12.5. The van der Waals surface area contributed by atoms with Gasteiger partial charge in [-0.05, 0) is 43.0 Å². The van der Waals surface area contributed by atoms with Gasteiger partial charge in [0.15, 0.2) is 0 Å². The number of aryl methyl sites for hydroxylation is 2. The molecule has 0 aliphatic carbocycles. The number of aliphatic hydroxyl groups is 1. The second-order valence-electron chi connectivity index (χ2n) is 4.88. The van der Waals surface area contributed by atoms with E-state index in [1.54, 1.807) is 20.0 Å². The van der Waals surface area contributed by atoms with Crippen molar-refractivity contribution < 1.29 is 13.5 Å². The van der Waals surface area contributed by atoms with E-state index < -0.39 is 10.0 Å². The largest absolute Gasteiger partial charge is 0.392 e. The van der Waals surface area contributed by atoms with Gasteiger partial charge >= 0.3 is 0 Å². The van der Waals surface area contributed by atoms with Gasteiger partial charge in [-0.15, -0.1) is 0 Å². The first-order chi connectivity index (χ1) is 8.84. The fourth-order valence-electron chi connectivity index (χ4n) is 1.99. The average Bonchev–Trinajstić information content (AvgIpc) is 2.35. The fourth-order valence-corrected chi connectivity index (χ4v) is 3.45. The number of hydrogen-bond acceptors (Lipinski definition) is 3. The van der Waals surface area contributed by atoms with Crippen LogP contribution < -0.4 is 0 Å². The minimum atomic E-state index is -3.47. The molecule has 108 valence electrons. The van der Waals surface area contributed by atoms with E-state index in [-0.39, 0.29) is 6.61 Å². The van der Waals surface area contributed by atoms with Crippen LogP contribution in [0.25, 0.3) is 0 Å². The summed E-state index contributed by atoms with van der Waals surface area (Å²) in [7, 11) is -1.87. The zero-order valence-electron chi connectivity index (χ0n) is 12.1. The highest BCUT2D eigenvalue weighted by Gasteiger charge is 2.23. The van der Waals surface area contributed by atoms with Crippen LogP contribution in [0, 0.1) is 13.8 Å². The number of nitrogens with zero attached hydrogens (tertiary/aromatic N) is 1. The Balaban J connectivity index is 3.21. The maximum absolute atomic E-state index is 12.5.